The van der Waals surface area contributed by atoms with Gasteiger partial charge in [-0.25, -0.2) is 0 Å². The van der Waals surface area contributed by atoms with Crippen LogP contribution in [0.25, 0.3) is 10.9 Å². The van der Waals surface area contributed by atoms with Gasteiger partial charge in [0.05, 0.1) is 5.52 Å². The summed E-state index contributed by atoms with van der Waals surface area (Å²) in [6, 6.07) is 9.52. The van der Waals surface area contributed by atoms with Gasteiger partial charge in [-0.05, 0) is 24.3 Å². The van der Waals surface area contributed by atoms with Crippen LogP contribution in [0.2, 0.25) is 0 Å². The Morgan fingerprint density at radius 2 is 2.25 bits per heavy atom. The molecule has 2 aromatic rings. The van der Waals surface area contributed by atoms with Gasteiger partial charge in [0.15, 0.2) is 0 Å². The van der Waals surface area contributed by atoms with E-state index in [0.29, 0.717) is 0 Å². The second-order valence-corrected chi connectivity index (χ2v) is 3.63. The molecule has 0 saturated carbocycles. The average molecular weight is 216 g/mol. The molecule has 0 saturated heterocycles. The molecule has 82 valence electrons. The van der Waals surface area contributed by atoms with Crippen LogP contribution in [0.3, 0.4) is 0 Å². The Balaban J connectivity index is 2.35. The van der Waals surface area contributed by atoms with Crippen molar-refractivity contribution in [3.8, 4) is 0 Å². The number of nitrogens with zero attached hydrogens (tertiary/aromatic N) is 2. The topological polar surface area (TPSA) is 53.4 Å². The summed E-state index contributed by atoms with van der Waals surface area (Å²) in [6.45, 7) is -0.00817. The molecular formula is C12H12N2O2. The molecule has 0 unspecified atom stereocenters. The lowest BCUT2D eigenvalue weighted by atomic mass is 10.2. The molecule has 0 aliphatic carbocycles. The molecule has 4 heteroatoms. The second kappa shape index (κ2) is 4.18. The molecule has 0 aliphatic rings. The van der Waals surface area contributed by atoms with Gasteiger partial charge in [0.25, 0.3) is 0 Å². The summed E-state index contributed by atoms with van der Waals surface area (Å²) in [5.74, 6) is -0.839. The van der Waals surface area contributed by atoms with Crippen LogP contribution in [0.15, 0.2) is 36.5 Å². The van der Waals surface area contributed by atoms with E-state index in [-0.39, 0.29) is 6.54 Å². The van der Waals surface area contributed by atoms with Crippen molar-refractivity contribution in [3.63, 3.8) is 0 Å². The minimum absolute atomic E-state index is 0.00817. The Morgan fingerprint density at radius 3 is 3.00 bits per heavy atom. The number of pyridine rings is 1. The zero-order valence-electron chi connectivity index (χ0n) is 8.92. The first-order chi connectivity index (χ1) is 7.66. The first-order valence-electron chi connectivity index (χ1n) is 4.94. The number of carbonyl (C=O) groups is 1. The van der Waals surface area contributed by atoms with Crippen molar-refractivity contribution >= 4 is 22.6 Å². The van der Waals surface area contributed by atoms with Gasteiger partial charge in [-0.1, -0.05) is 6.07 Å². The quantitative estimate of drug-likeness (QED) is 0.849. The number of carboxylic acids is 1. The summed E-state index contributed by atoms with van der Waals surface area (Å²) in [4.78, 5) is 16.5. The molecule has 16 heavy (non-hydrogen) atoms. The normalized spacial score (nSPS) is 10.3. The Bertz CT molecular complexity index is 525. The van der Waals surface area contributed by atoms with Crippen molar-refractivity contribution in [2.75, 3.05) is 18.5 Å². The summed E-state index contributed by atoms with van der Waals surface area (Å²) in [6.07, 6.45) is 1.74. The molecule has 1 heterocycles. The van der Waals surface area contributed by atoms with E-state index >= 15 is 0 Å². The number of aliphatic carboxylic acids is 1. The number of hydrogen-bond donors (Lipinski definition) is 1. The maximum absolute atomic E-state index is 10.6. The molecule has 0 atom stereocenters. The standard InChI is InChI=1S/C12H12N2O2/c1-14(8-12(15)16)10-4-5-11-9(7-10)3-2-6-13-11/h2-7H,8H2,1H3,(H,15,16). The summed E-state index contributed by atoms with van der Waals surface area (Å²) in [5, 5.41) is 9.72. The number of anilines is 1. The number of hydrogen-bond acceptors (Lipinski definition) is 3. The average Bonchev–Trinajstić information content (AvgIpc) is 2.27. The Labute approximate surface area is 93.1 Å². The van der Waals surface area contributed by atoms with Crippen molar-refractivity contribution in [2.45, 2.75) is 0 Å². The highest BCUT2D eigenvalue weighted by Gasteiger charge is 2.06. The van der Waals surface area contributed by atoms with Gasteiger partial charge in [0, 0.05) is 24.3 Å². The van der Waals surface area contributed by atoms with Crippen molar-refractivity contribution < 1.29 is 9.90 Å². The smallest absolute Gasteiger partial charge is 0.323 e. The van der Waals surface area contributed by atoms with Gasteiger partial charge in [0.1, 0.15) is 6.54 Å². The molecule has 0 aliphatic heterocycles. The van der Waals surface area contributed by atoms with Crippen molar-refractivity contribution in [2.24, 2.45) is 0 Å². The second-order valence-electron chi connectivity index (χ2n) is 3.63. The van der Waals surface area contributed by atoms with E-state index < -0.39 is 5.97 Å². The molecule has 2 rings (SSSR count). The SMILES string of the molecule is CN(CC(=O)O)c1ccc2ncccc2c1. The molecule has 0 fully saturated rings. The summed E-state index contributed by atoms with van der Waals surface area (Å²) in [7, 11) is 1.76. The third-order valence-electron chi connectivity index (χ3n) is 2.40. The van der Waals surface area contributed by atoms with Crippen LogP contribution in [-0.2, 0) is 4.79 Å². The predicted molar refractivity (Wildman–Crippen MR) is 62.6 cm³/mol. The molecule has 1 aromatic heterocycles. The number of fused-ring (bicyclic) bond motifs is 1. The highest BCUT2D eigenvalue weighted by atomic mass is 16.4. The fourth-order valence-corrected chi connectivity index (χ4v) is 1.59. The Hall–Kier alpha value is -2.10. The summed E-state index contributed by atoms with van der Waals surface area (Å²) in [5.41, 5.74) is 1.79. The molecule has 0 spiro atoms. The van der Waals surface area contributed by atoms with Crippen molar-refractivity contribution in [1.29, 1.82) is 0 Å². The summed E-state index contributed by atoms with van der Waals surface area (Å²) >= 11 is 0. The van der Waals surface area contributed by atoms with Gasteiger partial charge >= 0.3 is 5.97 Å². The first-order valence-corrected chi connectivity index (χ1v) is 4.94. The fraction of sp³-hybridized carbons (Fsp3) is 0.167. The van der Waals surface area contributed by atoms with Gasteiger partial charge in [0.2, 0.25) is 0 Å². The largest absolute Gasteiger partial charge is 0.480 e. The summed E-state index contributed by atoms with van der Waals surface area (Å²) < 4.78 is 0. The lowest BCUT2D eigenvalue weighted by Crippen LogP contribution is -2.24. The maximum atomic E-state index is 10.6. The number of carboxylic acid groups (broad SMARTS) is 1. The third kappa shape index (κ3) is 2.11. The molecule has 0 radical (unpaired) electrons. The number of likely N-dealkylation sites (N-methyl/N-ethyl adjacent to an activating group) is 1. The molecule has 1 N–H and O–H groups in total. The van der Waals surface area contributed by atoms with Crippen LogP contribution in [0, 0.1) is 0 Å². The van der Waals surface area contributed by atoms with E-state index in [1.807, 2.05) is 30.3 Å². The Morgan fingerprint density at radius 1 is 1.44 bits per heavy atom. The van der Waals surface area contributed by atoms with E-state index in [1.54, 1.807) is 18.1 Å². The first kappa shape index (κ1) is 10.4. The maximum Gasteiger partial charge on any atom is 0.323 e. The highest BCUT2D eigenvalue weighted by Crippen LogP contribution is 2.19. The van der Waals surface area contributed by atoms with E-state index in [2.05, 4.69) is 4.98 Å². The van der Waals surface area contributed by atoms with Crippen LogP contribution in [-0.4, -0.2) is 29.7 Å². The molecule has 0 amide bonds. The van der Waals surface area contributed by atoms with Gasteiger partial charge in [-0.2, -0.15) is 0 Å². The monoisotopic (exact) mass is 216 g/mol. The van der Waals surface area contributed by atoms with Crippen LogP contribution in [0.1, 0.15) is 0 Å². The lowest BCUT2D eigenvalue weighted by Gasteiger charge is -2.16. The number of aromatic nitrogens is 1. The van der Waals surface area contributed by atoms with Gasteiger partial charge < -0.3 is 10.0 Å². The molecule has 1 aromatic carbocycles. The number of benzene rings is 1. The zero-order chi connectivity index (χ0) is 11.5. The van der Waals surface area contributed by atoms with E-state index in [4.69, 9.17) is 5.11 Å². The fourth-order valence-electron chi connectivity index (χ4n) is 1.59. The minimum Gasteiger partial charge on any atom is -0.480 e. The predicted octanol–water partition coefficient (Wildman–Crippen LogP) is 1.76. The molecule has 0 bridgehead atoms. The van der Waals surface area contributed by atoms with Crippen LogP contribution in [0.4, 0.5) is 5.69 Å². The van der Waals surface area contributed by atoms with Crippen molar-refractivity contribution in [1.82, 2.24) is 4.98 Å². The molecular weight excluding hydrogens is 204 g/mol. The van der Waals surface area contributed by atoms with E-state index in [1.165, 1.54) is 0 Å². The highest BCUT2D eigenvalue weighted by molar-refractivity contribution is 5.83. The Kier molecular flexibility index (Phi) is 2.72. The van der Waals surface area contributed by atoms with Crippen LogP contribution in [0.5, 0.6) is 0 Å². The van der Waals surface area contributed by atoms with Crippen molar-refractivity contribution in [3.05, 3.63) is 36.5 Å². The van der Waals surface area contributed by atoms with E-state index in [0.717, 1.165) is 16.6 Å². The lowest BCUT2D eigenvalue weighted by molar-refractivity contribution is -0.135. The van der Waals surface area contributed by atoms with Crippen LogP contribution >= 0.6 is 0 Å². The van der Waals surface area contributed by atoms with E-state index in [9.17, 15) is 4.79 Å². The van der Waals surface area contributed by atoms with Crippen LogP contribution < -0.4 is 4.90 Å². The zero-order valence-corrected chi connectivity index (χ0v) is 8.92. The minimum atomic E-state index is -0.839. The molecule has 4 nitrogen and oxygen atoms in total. The van der Waals surface area contributed by atoms with Gasteiger partial charge in [-0.3, -0.25) is 9.78 Å². The van der Waals surface area contributed by atoms with Gasteiger partial charge in [-0.15, -0.1) is 0 Å². The number of rotatable bonds is 3. The third-order valence-corrected chi connectivity index (χ3v) is 2.40.